The van der Waals surface area contributed by atoms with Crippen LogP contribution in [-0.2, 0) is 14.9 Å². The van der Waals surface area contributed by atoms with E-state index in [2.05, 4.69) is 55.4 Å². The van der Waals surface area contributed by atoms with Gasteiger partial charge in [0.15, 0.2) is 0 Å². The summed E-state index contributed by atoms with van der Waals surface area (Å²) in [5.41, 5.74) is 4.43. The Hall–Kier alpha value is -2.31. The lowest BCUT2D eigenvalue weighted by molar-refractivity contribution is -0.145. The molecule has 1 atom stereocenters. The number of ether oxygens (including phenoxy) is 1. The Labute approximate surface area is 151 Å². The van der Waals surface area contributed by atoms with Crippen molar-refractivity contribution in [2.75, 3.05) is 7.11 Å². The standard InChI is InChI=1S/C22H24O2Si/c1-24-20(23)21(15-16-25(2,3)4)17-22(21,18-11-7-5-8-12-18)19-13-9-6-10-14-19/h5-14H,17H2,1-4H3/t21-/m0/s1. The van der Waals surface area contributed by atoms with Crippen LogP contribution in [0.3, 0.4) is 0 Å². The number of hydrogen-bond acceptors (Lipinski definition) is 2. The number of esters is 1. The van der Waals surface area contributed by atoms with Gasteiger partial charge in [-0.3, -0.25) is 4.79 Å². The Morgan fingerprint density at radius 3 is 1.84 bits per heavy atom. The first kappa shape index (κ1) is 17.5. The van der Waals surface area contributed by atoms with Crippen molar-refractivity contribution in [1.29, 1.82) is 0 Å². The largest absolute Gasteiger partial charge is 0.468 e. The van der Waals surface area contributed by atoms with Crippen LogP contribution >= 0.6 is 0 Å². The number of carbonyl (C=O) groups is 1. The zero-order chi connectivity index (χ0) is 18.1. The van der Waals surface area contributed by atoms with E-state index in [1.807, 2.05) is 36.4 Å². The summed E-state index contributed by atoms with van der Waals surface area (Å²) < 4.78 is 5.21. The molecule has 1 aliphatic rings. The van der Waals surface area contributed by atoms with E-state index < -0.39 is 18.9 Å². The van der Waals surface area contributed by atoms with E-state index in [9.17, 15) is 4.79 Å². The van der Waals surface area contributed by atoms with E-state index in [1.54, 1.807) is 0 Å². The van der Waals surface area contributed by atoms with Gasteiger partial charge in [-0.2, -0.15) is 0 Å². The summed E-state index contributed by atoms with van der Waals surface area (Å²) in [4.78, 5) is 12.9. The van der Waals surface area contributed by atoms with Gasteiger partial charge in [0.2, 0.25) is 0 Å². The minimum atomic E-state index is -1.62. The van der Waals surface area contributed by atoms with Crippen LogP contribution in [-0.4, -0.2) is 21.2 Å². The third-order valence-electron chi connectivity index (χ3n) is 4.85. The molecular formula is C22H24O2Si. The molecule has 0 heterocycles. The van der Waals surface area contributed by atoms with Crippen LogP contribution in [0.5, 0.6) is 0 Å². The normalized spacial score (nSPS) is 21.0. The van der Waals surface area contributed by atoms with Gasteiger partial charge in [0.1, 0.15) is 13.5 Å². The summed E-state index contributed by atoms with van der Waals surface area (Å²) >= 11 is 0. The first-order chi connectivity index (χ1) is 11.9. The van der Waals surface area contributed by atoms with E-state index in [0.29, 0.717) is 6.42 Å². The molecule has 0 spiro atoms. The lowest BCUT2D eigenvalue weighted by atomic mass is 9.80. The molecule has 25 heavy (non-hydrogen) atoms. The van der Waals surface area contributed by atoms with Gasteiger partial charge in [-0.05, 0) is 17.5 Å². The predicted molar refractivity (Wildman–Crippen MR) is 104 cm³/mol. The fourth-order valence-corrected chi connectivity index (χ4v) is 4.17. The quantitative estimate of drug-likeness (QED) is 0.466. The summed E-state index contributed by atoms with van der Waals surface area (Å²) in [7, 11) is -0.161. The highest BCUT2D eigenvalue weighted by molar-refractivity contribution is 6.83. The molecule has 0 aromatic heterocycles. The van der Waals surface area contributed by atoms with Crippen LogP contribution in [0.4, 0.5) is 0 Å². The SMILES string of the molecule is COC(=O)[C@]1(C#C[Si](C)(C)C)CC1(c1ccccc1)c1ccccc1. The lowest BCUT2D eigenvalue weighted by Gasteiger charge is -2.22. The minimum Gasteiger partial charge on any atom is -0.468 e. The molecule has 2 aromatic carbocycles. The maximum absolute atomic E-state index is 12.9. The fourth-order valence-electron chi connectivity index (χ4n) is 3.58. The third kappa shape index (κ3) is 2.92. The van der Waals surface area contributed by atoms with E-state index in [0.717, 1.165) is 11.1 Å². The van der Waals surface area contributed by atoms with Crippen molar-refractivity contribution in [2.45, 2.75) is 31.5 Å². The molecular weight excluding hydrogens is 324 g/mol. The lowest BCUT2D eigenvalue weighted by Crippen LogP contribution is -2.29. The molecule has 0 bridgehead atoms. The Balaban J connectivity index is 2.23. The van der Waals surface area contributed by atoms with Crippen molar-refractivity contribution in [1.82, 2.24) is 0 Å². The molecule has 0 unspecified atom stereocenters. The first-order valence-electron chi connectivity index (χ1n) is 8.59. The Kier molecular flexibility index (Phi) is 4.34. The Morgan fingerprint density at radius 1 is 0.960 bits per heavy atom. The highest BCUT2D eigenvalue weighted by Gasteiger charge is 2.74. The maximum Gasteiger partial charge on any atom is 0.325 e. The van der Waals surface area contributed by atoms with E-state index in [4.69, 9.17) is 4.74 Å². The molecule has 128 valence electrons. The zero-order valence-electron chi connectivity index (χ0n) is 15.3. The van der Waals surface area contributed by atoms with Gasteiger partial charge < -0.3 is 4.74 Å². The van der Waals surface area contributed by atoms with Gasteiger partial charge in [-0.15, -0.1) is 5.54 Å². The summed E-state index contributed by atoms with van der Waals surface area (Å²) in [5, 5.41) is 0. The van der Waals surface area contributed by atoms with Gasteiger partial charge >= 0.3 is 5.97 Å². The molecule has 1 aliphatic carbocycles. The van der Waals surface area contributed by atoms with Crippen molar-refractivity contribution in [3.8, 4) is 11.5 Å². The number of carbonyl (C=O) groups excluding carboxylic acids is 1. The number of benzene rings is 2. The fraction of sp³-hybridized carbons (Fsp3) is 0.318. The predicted octanol–water partition coefficient (Wildman–Crippen LogP) is 4.42. The van der Waals surface area contributed by atoms with Crippen LogP contribution in [0.1, 0.15) is 17.5 Å². The summed E-state index contributed by atoms with van der Waals surface area (Å²) in [5.74, 6) is 3.16. The van der Waals surface area contributed by atoms with Crippen molar-refractivity contribution < 1.29 is 9.53 Å². The summed E-state index contributed by atoms with van der Waals surface area (Å²) in [6.45, 7) is 6.58. The van der Waals surface area contributed by atoms with Crippen LogP contribution in [0.25, 0.3) is 0 Å². The van der Waals surface area contributed by atoms with Gasteiger partial charge in [0.25, 0.3) is 0 Å². The molecule has 1 saturated carbocycles. The first-order valence-corrected chi connectivity index (χ1v) is 12.1. The van der Waals surface area contributed by atoms with E-state index in [-0.39, 0.29) is 5.97 Å². The molecule has 0 amide bonds. The van der Waals surface area contributed by atoms with Gasteiger partial charge in [-0.25, -0.2) is 0 Å². The van der Waals surface area contributed by atoms with Crippen LogP contribution in [0.15, 0.2) is 60.7 Å². The second-order valence-corrected chi connectivity index (χ2v) is 12.5. The molecule has 0 saturated heterocycles. The molecule has 2 nitrogen and oxygen atoms in total. The van der Waals surface area contributed by atoms with E-state index in [1.165, 1.54) is 7.11 Å². The topological polar surface area (TPSA) is 26.3 Å². The van der Waals surface area contributed by atoms with Crippen LogP contribution in [0, 0.1) is 16.9 Å². The average molecular weight is 349 g/mol. The van der Waals surface area contributed by atoms with Crippen molar-refractivity contribution >= 4 is 14.0 Å². The number of hydrogen-bond donors (Lipinski definition) is 0. The van der Waals surface area contributed by atoms with Gasteiger partial charge in [-0.1, -0.05) is 86.2 Å². The van der Waals surface area contributed by atoms with E-state index >= 15 is 0 Å². The third-order valence-corrected chi connectivity index (χ3v) is 5.73. The van der Waals surface area contributed by atoms with Crippen molar-refractivity contribution in [3.63, 3.8) is 0 Å². The monoisotopic (exact) mass is 348 g/mol. The molecule has 1 fully saturated rings. The molecule has 3 heteroatoms. The second kappa shape index (κ2) is 6.20. The number of rotatable bonds is 3. The molecule has 3 rings (SSSR count). The van der Waals surface area contributed by atoms with Crippen molar-refractivity contribution in [2.24, 2.45) is 5.41 Å². The summed E-state index contributed by atoms with van der Waals surface area (Å²) in [6, 6.07) is 20.4. The smallest absolute Gasteiger partial charge is 0.325 e. The number of methoxy groups -OCH3 is 1. The van der Waals surface area contributed by atoms with Gasteiger partial charge in [0.05, 0.1) is 7.11 Å². The zero-order valence-corrected chi connectivity index (χ0v) is 16.3. The maximum atomic E-state index is 12.9. The average Bonchev–Trinajstić information content (AvgIpc) is 3.32. The molecule has 0 aliphatic heterocycles. The second-order valence-electron chi connectivity index (χ2n) is 7.71. The van der Waals surface area contributed by atoms with Crippen molar-refractivity contribution in [3.05, 3.63) is 71.8 Å². The Morgan fingerprint density at radius 2 is 1.44 bits per heavy atom. The highest BCUT2D eigenvalue weighted by Crippen LogP contribution is 2.68. The Bertz CT molecular complexity index is 786. The highest BCUT2D eigenvalue weighted by atomic mass is 28.3. The minimum absolute atomic E-state index is 0.231. The summed E-state index contributed by atoms with van der Waals surface area (Å²) in [6.07, 6.45) is 0.665. The van der Waals surface area contributed by atoms with Crippen LogP contribution < -0.4 is 0 Å². The molecule has 2 aromatic rings. The van der Waals surface area contributed by atoms with Gasteiger partial charge in [0, 0.05) is 5.41 Å². The molecule has 0 N–H and O–H groups in total. The van der Waals surface area contributed by atoms with Crippen LogP contribution in [0.2, 0.25) is 19.6 Å². The molecule has 0 radical (unpaired) electrons.